The second kappa shape index (κ2) is 5.05. The van der Waals surface area contributed by atoms with Crippen molar-refractivity contribution in [1.29, 1.82) is 0 Å². The van der Waals surface area contributed by atoms with E-state index in [-0.39, 0.29) is 0 Å². The van der Waals surface area contributed by atoms with Crippen LogP contribution in [0.5, 0.6) is 0 Å². The van der Waals surface area contributed by atoms with Crippen molar-refractivity contribution < 1.29 is 0 Å². The number of rotatable bonds is 1. The van der Waals surface area contributed by atoms with Gasteiger partial charge >= 0.3 is 0 Å². The van der Waals surface area contributed by atoms with E-state index in [1.54, 1.807) is 0 Å². The molecule has 3 aromatic rings. The van der Waals surface area contributed by atoms with Gasteiger partial charge in [0.15, 0.2) is 0 Å². The van der Waals surface area contributed by atoms with Gasteiger partial charge in [-0.3, -0.25) is 0 Å². The summed E-state index contributed by atoms with van der Waals surface area (Å²) in [6.45, 7) is 6.06. The summed E-state index contributed by atoms with van der Waals surface area (Å²) in [7, 11) is 2.06. The normalized spacial score (nSPS) is 12.2. The highest BCUT2D eigenvalue weighted by Gasteiger charge is 2.08. The smallest absolute Gasteiger partial charge is 0.141 e. The van der Waals surface area contributed by atoms with Crippen LogP contribution in [0.3, 0.4) is 0 Å². The molecule has 0 spiro atoms. The minimum Gasteiger partial charge on any atom is -0.328 e. The van der Waals surface area contributed by atoms with Gasteiger partial charge in [0.05, 0.1) is 3.70 Å². The number of para-hydroxylation sites is 1. The summed E-state index contributed by atoms with van der Waals surface area (Å²) < 4.78 is 2.93. The van der Waals surface area contributed by atoms with Gasteiger partial charge in [-0.2, -0.15) is 0 Å². The Morgan fingerprint density at radius 2 is 1.80 bits per heavy atom. The number of fused-ring (bicyclic) bond motifs is 3. The maximum absolute atomic E-state index is 4.63. The van der Waals surface area contributed by atoms with E-state index in [9.17, 15) is 0 Å². The third-order valence-corrected chi connectivity index (χ3v) is 3.83. The molecule has 3 heteroatoms. The molecule has 0 saturated heterocycles. The quantitative estimate of drug-likeness (QED) is 0.340. The van der Waals surface area contributed by atoms with Crippen molar-refractivity contribution in [3.8, 4) is 0 Å². The molecule has 0 N–H and O–H groups in total. The van der Waals surface area contributed by atoms with E-state index in [0.717, 1.165) is 9.19 Å². The Hall–Kier alpha value is -1.62. The molecule has 0 fully saturated rings. The SMILES string of the molecule is C=C(I)/N=c1/c2cccc(C)c2c2ccccc2n1C. The summed E-state index contributed by atoms with van der Waals surface area (Å²) >= 11 is 2.15. The highest BCUT2D eigenvalue weighted by molar-refractivity contribution is 14.1. The second-order valence-corrected chi connectivity index (χ2v) is 6.13. The molecule has 0 bridgehead atoms. The lowest BCUT2D eigenvalue weighted by molar-refractivity contribution is 0.888. The van der Waals surface area contributed by atoms with E-state index in [2.05, 4.69) is 95.2 Å². The maximum atomic E-state index is 4.63. The van der Waals surface area contributed by atoms with Gasteiger partial charge in [-0.15, -0.1) is 0 Å². The molecule has 3 rings (SSSR count). The summed E-state index contributed by atoms with van der Waals surface area (Å²) in [5.41, 5.74) is 3.42. The van der Waals surface area contributed by atoms with Crippen LogP contribution in [0.4, 0.5) is 0 Å². The number of benzene rings is 2. The van der Waals surface area contributed by atoms with Gasteiger partial charge in [0.1, 0.15) is 5.49 Å². The zero-order valence-electron chi connectivity index (χ0n) is 11.5. The van der Waals surface area contributed by atoms with Gasteiger partial charge in [-0.05, 0) is 46.5 Å². The van der Waals surface area contributed by atoms with Gasteiger partial charge in [0.2, 0.25) is 0 Å². The molecule has 2 aromatic carbocycles. The first-order valence-corrected chi connectivity index (χ1v) is 7.53. The molecular formula is C17H15IN2. The summed E-state index contributed by atoms with van der Waals surface area (Å²) in [6, 6.07) is 14.8. The van der Waals surface area contributed by atoms with E-state index >= 15 is 0 Å². The minimum absolute atomic E-state index is 0.788. The van der Waals surface area contributed by atoms with Crippen molar-refractivity contribution in [3.63, 3.8) is 0 Å². The zero-order valence-corrected chi connectivity index (χ0v) is 13.7. The Morgan fingerprint density at radius 3 is 2.55 bits per heavy atom. The molecule has 2 nitrogen and oxygen atoms in total. The highest BCUT2D eigenvalue weighted by atomic mass is 127. The minimum atomic E-state index is 0.788. The Bertz CT molecular complexity index is 904. The number of hydrogen-bond acceptors (Lipinski definition) is 1. The third kappa shape index (κ3) is 2.06. The van der Waals surface area contributed by atoms with Crippen molar-refractivity contribution in [2.24, 2.45) is 12.0 Å². The van der Waals surface area contributed by atoms with Crippen LogP contribution in [-0.2, 0) is 7.05 Å². The van der Waals surface area contributed by atoms with E-state index in [1.165, 1.54) is 27.2 Å². The molecule has 1 heterocycles. The zero-order chi connectivity index (χ0) is 14.3. The van der Waals surface area contributed by atoms with Crippen LogP contribution in [0.1, 0.15) is 5.56 Å². The molecule has 0 radical (unpaired) electrons. The number of aromatic nitrogens is 1. The van der Waals surface area contributed by atoms with Gasteiger partial charge < -0.3 is 4.57 Å². The van der Waals surface area contributed by atoms with Gasteiger partial charge in [0.25, 0.3) is 0 Å². The van der Waals surface area contributed by atoms with Gasteiger partial charge in [0, 0.05) is 23.3 Å². The molecule has 0 aliphatic carbocycles. The predicted molar refractivity (Wildman–Crippen MR) is 93.9 cm³/mol. The first kappa shape index (κ1) is 13.4. The van der Waals surface area contributed by atoms with E-state index in [0.29, 0.717) is 0 Å². The summed E-state index contributed by atoms with van der Waals surface area (Å²) in [5, 5.41) is 3.71. The topological polar surface area (TPSA) is 17.3 Å². The summed E-state index contributed by atoms with van der Waals surface area (Å²) in [4.78, 5) is 4.63. The van der Waals surface area contributed by atoms with Crippen LogP contribution in [0, 0.1) is 6.92 Å². The molecule has 0 atom stereocenters. The molecule has 0 saturated carbocycles. The highest BCUT2D eigenvalue weighted by Crippen LogP contribution is 2.25. The monoisotopic (exact) mass is 374 g/mol. The molecule has 1 aromatic heterocycles. The largest absolute Gasteiger partial charge is 0.328 e. The van der Waals surface area contributed by atoms with Crippen LogP contribution in [0.25, 0.3) is 21.7 Å². The maximum Gasteiger partial charge on any atom is 0.141 e. The average Bonchev–Trinajstić information content (AvgIpc) is 2.43. The number of pyridine rings is 1. The van der Waals surface area contributed by atoms with Crippen molar-refractivity contribution in [2.45, 2.75) is 6.92 Å². The fraction of sp³-hybridized carbons (Fsp3) is 0.118. The van der Waals surface area contributed by atoms with Crippen molar-refractivity contribution in [1.82, 2.24) is 4.57 Å². The van der Waals surface area contributed by atoms with Crippen molar-refractivity contribution >= 4 is 44.3 Å². The lowest BCUT2D eigenvalue weighted by Crippen LogP contribution is -2.19. The van der Waals surface area contributed by atoms with Gasteiger partial charge in [-0.1, -0.05) is 43.0 Å². The molecule has 0 aliphatic rings. The van der Waals surface area contributed by atoms with Crippen molar-refractivity contribution in [2.75, 3.05) is 0 Å². The Balaban J connectivity index is 2.71. The first-order chi connectivity index (χ1) is 9.59. The number of nitrogens with zero attached hydrogens (tertiary/aromatic N) is 2. The molecule has 20 heavy (non-hydrogen) atoms. The van der Waals surface area contributed by atoms with Crippen LogP contribution < -0.4 is 5.49 Å². The lowest BCUT2D eigenvalue weighted by atomic mass is 10.0. The molecular weight excluding hydrogens is 359 g/mol. The predicted octanol–water partition coefficient (Wildman–Crippen LogP) is 4.45. The molecule has 100 valence electrons. The van der Waals surface area contributed by atoms with Crippen LogP contribution in [0.15, 0.2) is 57.7 Å². The average molecular weight is 374 g/mol. The van der Waals surface area contributed by atoms with Gasteiger partial charge in [-0.25, -0.2) is 4.99 Å². The van der Waals surface area contributed by atoms with Crippen LogP contribution in [-0.4, -0.2) is 4.57 Å². The first-order valence-electron chi connectivity index (χ1n) is 6.46. The Morgan fingerprint density at radius 1 is 1.10 bits per heavy atom. The van der Waals surface area contributed by atoms with E-state index in [1.807, 2.05) is 0 Å². The second-order valence-electron chi connectivity index (χ2n) is 4.89. The van der Waals surface area contributed by atoms with E-state index < -0.39 is 0 Å². The number of hydrogen-bond donors (Lipinski definition) is 0. The Labute approximate surface area is 131 Å². The molecule has 0 aliphatic heterocycles. The summed E-state index contributed by atoms with van der Waals surface area (Å²) in [5.74, 6) is 0. The number of halogens is 1. The summed E-state index contributed by atoms with van der Waals surface area (Å²) in [6.07, 6.45) is 0. The standard InChI is InChI=1S/C17H15IN2/c1-11-7-6-9-14-16(11)13-8-4-5-10-15(13)20(3)17(14)19-12(2)18/h4-10H,2H2,1,3H3/b19-17-. The fourth-order valence-electron chi connectivity index (χ4n) is 2.73. The lowest BCUT2D eigenvalue weighted by Gasteiger charge is -2.13. The molecule has 0 amide bonds. The van der Waals surface area contributed by atoms with Crippen LogP contribution in [0.2, 0.25) is 0 Å². The Kier molecular flexibility index (Phi) is 3.38. The fourth-order valence-corrected chi connectivity index (χ4v) is 2.96. The van der Waals surface area contributed by atoms with Crippen LogP contribution >= 0.6 is 22.6 Å². The molecule has 0 unspecified atom stereocenters. The van der Waals surface area contributed by atoms with E-state index in [4.69, 9.17) is 0 Å². The third-order valence-electron chi connectivity index (χ3n) is 3.59. The van der Waals surface area contributed by atoms with Crippen molar-refractivity contribution in [3.05, 3.63) is 63.8 Å². The number of aryl methyl sites for hydroxylation is 2.